The molecule has 0 unspecified atom stereocenters. The number of nitrogens with zero attached hydrogens (tertiary/aromatic N) is 2. The minimum absolute atomic E-state index is 0.0300. The summed E-state index contributed by atoms with van der Waals surface area (Å²) in [6.45, 7) is 7.65. The minimum atomic E-state index is -0.105. The monoisotopic (exact) mass is 244 g/mol. The van der Waals surface area contributed by atoms with Crippen LogP contribution < -0.4 is 0 Å². The van der Waals surface area contributed by atoms with Crippen LogP contribution in [0.5, 0.6) is 0 Å². The Labute approximate surface area is 86.3 Å². The van der Waals surface area contributed by atoms with Gasteiger partial charge in [0.2, 0.25) is 0 Å². The van der Waals surface area contributed by atoms with Crippen molar-refractivity contribution in [2.75, 3.05) is 0 Å². The molecular weight excluding hydrogens is 232 g/mol. The molecular formula is C9H13BrN2O. The number of aromatic nitrogens is 2. The maximum Gasteiger partial charge on any atom is 0.164 e. The molecule has 3 nitrogen and oxygen atoms in total. The number of ketones is 1. The Morgan fingerprint density at radius 3 is 2.31 bits per heavy atom. The molecule has 0 radical (unpaired) electrons. The molecule has 0 N–H and O–H groups in total. The second kappa shape index (κ2) is 3.25. The van der Waals surface area contributed by atoms with Gasteiger partial charge in [0.1, 0.15) is 4.60 Å². The highest BCUT2D eigenvalue weighted by molar-refractivity contribution is 9.10. The summed E-state index contributed by atoms with van der Waals surface area (Å²) in [5.41, 5.74) is 0.530. The van der Waals surface area contributed by atoms with Gasteiger partial charge in [0, 0.05) is 0 Å². The van der Waals surface area contributed by atoms with Crippen LogP contribution in [0.2, 0.25) is 0 Å². The third-order valence-electron chi connectivity index (χ3n) is 1.73. The zero-order chi connectivity index (χ0) is 10.2. The smallest absolute Gasteiger partial charge is 0.164 e. The average Bonchev–Trinajstić information content (AvgIpc) is 2.28. The fourth-order valence-corrected chi connectivity index (χ4v) is 2.04. The van der Waals surface area contributed by atoms with Crippen molar-refractivity contribution in [1.82, 2.24) is 9.78 Å². The molecule has 1 aromatic heterocycles. The van der Waals surface area contributed by atoms with E-state index in [0.717, 1.165) is 4.60 Å². The first-order valence-corrected chi connectivity index (χ1v) is 4.88. The Morgan fingerprint density at radius 2 is 2.08 bits per heavy atom. The molecule has 0 saturated heterocycles. The van der Waals surface area contributed by atoms with E-state index in [0.29, 0.717) is 5.56 Å². The highest BCUT2D eigenvalue weighted by Crippen LogP contribution is 2.23. The fourth-order valence-electron chi connectivity index (χ4n) is 1.04. The van der Waals surface area contributed by atoms with Crippen molar-refractivity contribution in [3.8, 4) is 0 Å². The van der Waals surface area contributed by atoms with Gasteiger partial charge in [-0.3, -0.25) is 9.48 Å². The van der Waals surface area contributed by atoms with E-state index >= 15 is 0 Å². The van der Waals surface area contributed by atoms with Gasteiger partial charge in [-0.1, -0.05) is 0 Å². The van der Waals surface area contributed by atoms with Crippen molar-refractivity contribution in [2.24, 2.45) is 0 Å². The van der Waals surface area contributed by atoms with E-state index in [2.05, 4.69) is 21.0 Å². The molecule has 0 bridgehead atoms. The summed E-state index contributed by atoms with van der Waals surface area (Å²) in [6, 6.07) is 0. The minimum Gasteiger partial charge on any atom is -0.294 e. The quantitative estimate of drug-likeness (QED) is 0.713. The lowest BCUT2D eigenvalue weighted by Crippen LogP contribution is -2.23. The first kappa shape index (κ1) is 10.4. The summed E-state index contributed by atoms with van der Waals surface area (Å²) < 4.78 is 2.55. The summed E-state index contributed by atoms with van der Waals surface area (Å²) >= 11 is 3.37. The van der Waals surface area contributed by atoms with Gasteiger partial charge in [-0.15, -0.1) is 0 Å². The molecule has 0 aliphatic heterocycles. The Bertz CT molecular complexity index is 336. The van der Waals surface area contributed by atoms with Gasteiger partial charge in [-0.25, -0.2) is 0 Å². The molecule has 0 fully saturated rings. The van der Waals surface area contributed by atoms with Crippen molar-refractivity contribution >= 4 is 21.7 Å². The van der Waals surface area contributed by atoms with E-state index in [1.165, 1.54) is 6.92 Å². The van der Waals surface area contributed by atoms with Crippen LogP contribution >= 0.6 is 15.9 Å². The Morgan fingerprint density at radius 1 is 1.54 bits per heavy atom. The van der Waals surface area contributed by atoms with Crippen molar-refractivity contribution in [2.45, 2.75) is 33.2 Å². The molecule has 0 atom stereocenters. The zero-order valence-corrected chi connectivity index (χ0v) is 9.84. The second-order valence-corrected chi connectivity index (χ2v) is 4.74. The molecule has 1 heterocycles. The molecule has 1 aromatic rings. The van der Waals surface area contributed by atoms with Crippen LogP contribution in [0.1, 0.15) is 38.1 Å². The lowest BCUT2D eigenvalue weighted by Gasteiger charge is -2.20. The normalized spacial score (nSPS) is 11.8. The van der Waals surface area contributed by atoms with Crippen LogP contribution in [0.4, 0.5) is 0 Å². The predicted octanol–water partition coefficient (Wildman–Crippen LogP) is 2.60. The summed E-state index contributed by atoms with van der Waals surface area (Å²) in [5.74, 6) is 0.0300. The number of carbonyl (C=O) groups is 1. The van der Waals surface area contributed by atoms with E-state index < -0.39 is 0 Å². The van der Waals surface area contributed by atoms with Gasteiger partial charge >= 0.3 is 0 Å². The second-order valence-electron chi connectivity index (χ2n) is 3.99. The third-order valence-corrected chi connectivity index (χ3v) is 2.49. The van der Waals surface area contributed by atoms with Crippen molar-refractivity contribution in [3.63, 3.8) is 0 Å². The molecule has 13 heavy (non-hydrogen) atoms. The van der Waals surface area contributed by atoms with Crippen LogP contribution in [0.25, 0.3) is 0 Å². The standard InChI is InChI=1S/C9H13BrN2O/c1-6(13)7-5-11-12(8(7)10)9(2,3)4/h5H,1-4H3. The van der Waals surface area contributed by atoms with Gasteiger partial charge in [0.25, 0.3) is 0 Å². The summed E-state index contributed by atoms with van der Waals surface area (Å²) in [4.78, 5) is 11.1. The summed E-state index contributed by atoms with van der Waals surface area (Å²) in [7, 11) is 0. The molecule has 72 valence electrons. The van der Waals surface area contributed by atoms with E-state index in [-0.39, 0.29) is 11.3 Å². The van der Waals surface area contributed by atoms with Crippen LogP contribution in [0.15, 0.2) is 10.8 Å². The number of hydrogen-bond acceptors (Lipinski definition) is 2. The molecule has 0 saturated carbocycles. The maximum atomic E-state index is 11.1. The predicted molar refractivity (Wildman–Crippen MR) is 54.9 cm³/mol. The van der Waals surface area contributed by atoms with E-state index in [1.54, 1.807) is 10.9 Å². The first-order valence-electron chi connectivity index (χ1n) is 4.09. The summed E-state index contributed by atoms with van der Waals surface area (Å²) in [5, 5.41) is 4.16. The van der Waals surface area contributed by atoms with E-state index in [1.807, 2.05) is 20.8 Å². The maximum absolute atomic E-state index is 11.1. The van der Waals surface area contributed by atoms with Gasteiger partial charge in [-0.2, -0.15) is 5.10 Å². The van der Waals surface area contributed by atoms with Gasteiger partial charge < -0.3 is 0 Å². The van der Waals surface area contributed by atoms with Crippen LogP contribution in [0.3, 0.4) is 0 Å². The molecule has 0 amide bonds. The highest BCUT2D eigenvalue weighted by atomic mass is 79.9. The molecule has 0 spiro atoms. The first-order chi connectivity index (χ1) is 5.84. The fraction of sp³-hybridized carbons (Fsp3) is 0.556. The van der Waals surface area contributed by atoms with E-state index in [4.69, 9.17) is 0 Å². The lowest BCUT2D eigenvalue weighted by molar-refractivity contribution is 0.101. The number of hydrogen-bond donors (Lipinski definition) is 0. The van der Waals surface area contributed by atoms with E-state index in [9.17, 15) is 4.79 Å². The molecule has 4 heteroatoms. The Balaban J connectivity index is 3.22. The van der Waals surface area contributed by atoms with Crippen molar-refractivity contribution in [3.05, 3.63) is 16.4 Å². The third kappa shape index (κ3) is 1.99. The average molecular weight is 245 g/mol. The van der Waals surface area contributed by atoms with Gasteiger partial charge in [-0.05, 0) is 43.6 Å². The number of carbonyl (C=O) groups excluding carboxylic acids is 1. The summed E-state index contributed by atoms with van der Waals surface area (Å²) in [6.07, 6.45) is 1.59. The number of halogens is 1. The largest absolute Gasteiger partial charge is 0.294 e. The Hall–Kier alpha value is -0.640. The molecule has 1 rings (SSSR count). The number of rotatable bonds is 1. The topological polar surface area (TPSA) is 34.9 Å². The molecule has 0 aliphatic carbocycles. The number of Topliss-reactive ketones (excluding diaryl/α,β-unsaturated/α-hetero) is 1. The SMILES string of the molecule is CC(=O)c1cnn(C(C)(C)C)c1Br. The zero-order valence-electron chi connectivity index (χ0n) is 8.26. The Kier molecular flexibility index (Phi) is 2.61. The highest BCUT2D eigenvalue weighted by Gasteiger charge is 2.20. The van der Waals surface area contributed by atoms with Crippen molar-refractivity contribution < 1.29 is 4.79 Å². The van der Waals surface area contributed by atoms with Gasteiger partial charge in [0.05, 0.1) is 17.3 Å². The van der Waals surface area contributed by atoms with Crippen LogP contribution in [-0.2, 0) is 5.54 Å². The lowest BCUT2D eigenvalue weighted by atomic mass is 10.1. The molecule has 0 aliphatic rings. The van der Waals surface area contributed by atoms with Crippen LogP contribution in [-0.4, -0.2) is 15.6 Å². The van der Waals surface area contributed by atoms with Gasteiger partial charge in [0.15, 0.2) is 5.78 Å². The van der Waals surface area contributed by atoms with Crippen molar-refractivity contribution in [1.29, 1.82) is 0 Å². The molecule has 0 aromatic carbocycles. The van der Waals surface area contributed by atoms with Crippen LogP contribution in [0, 0.1) is 0 Å².